The van der Waals surface area contributed by atoms with Crippen LogP contribution in [0, 0.1) is 0 Å². The molecule has 1 N–H and O–H groups in total. The normalized spacial score (nSPS) is 18.9. The van der Waals surface area contributed by atoms with Crippen molar-refractivity contribution in [3.63, 3.8) is 0 Å². The molecule has 1 atom stereocenters. The van der Waals surface area contributed by atoms with E-state index in [0.717, 1.165) is 6.20 Å². The molecule has 0 radical (unpaired) electrons. The zero-order valence-electron chi connectivity index (χ0n) is 12.0. The van der Waals surface area contributed by atoms with E-state index in [1.807, 2.05) is 0 Å². The lowest BCUT2D eigenvalue weighted by atomic mass is 9.97. The quantitative estimate of drug-likeness (QED) is 0.919. The summed E-state index contributed by atoms with van der Waals surface area (Å²) in [6, 6.07) is 1.56. The first kappa shape index (κ1) is 15.4. The van der Waals surface area contributed by atoms with E-state index in [9.17, 15) is 18.0 Å². The number of rotatable bonds is 2. The number of nitrogens with one attached hydrogen (secondary N) is 1. The van der Waals surface area contributed by atoms with E-state index in [4.69, 9.17) is 0 Å². The number of aromatic nitrogens is 4. The van der Waals surface area contributed by atoms with Gasteiger partial charge in [0.2, 0.25) is 0 Å². The summed E-state index contributed by atoms with van der Waals surface area (Å²) in [6.45, 7) is 0.885. The van der Waals surface area contributed by atoms with Crippen molar-refractivity contribution in [1.29, 1.82) is 0 Å². The molecule has 0 aromatic carbocycles. The highest BCUT2D eigenvalue weighted by Crippen LogP contribution is 2.31. The van der Waals surface area contributed by atoms with Crippen molar-refractivity contribution in [3.05, 3.63) is 41.7 Å². The number of likely N-dealkylation sites (tertiary alicyclic amines) is 1. The first-order valence-corrected chi connectivity index (χ1v) is 7.13. The standard InChI is InChI=1S/C14H14F3N5O/c15-14(16,17)11-7-18-12(21-11)10-2-1-5-22(8-10)13(23)9-3-4-19-20-6-9/h3-4,6-7,10H,1-2,5,8H2,(H,18,21)/t10-/m1/s1. The number of piperidine rings is 1. The summed E-state index contributed by atoms with van der Waals surface area (Å²) in [5, 5.41) is 7.29. The summed E-state index contributed by atoms with van der Waals surface area (Å²) >= 11 is 0. The van der Waals surface area contributed by atoms with Gasteiger partial charge in [0.25, 0.3) is 5.91 Å². The van der Waals surface area contributed by atoms with Crippen LogP contribution >= 0.6 is 0 Å². The number of hydrogen-bond acceptors (Lipinski definition) is 4. The molecule has 1 aliphatic heterocycles. The number of imidazole rings is 1. The van der Waals surface area contributed by atoms with Gasteiger partial charge >= 0.3 is 6.18 Å². The highest BCUT2D eigenvalue weighted by molar-refractivity contribution is 5.93. The molecule has 2 aromatic rings. The predicted molar refractivity (Wildman–Crippen MR) is 73.5 cm³/mol. The third kappa shape index (κ3) is 3.33. The van der Waals surface area contributed by atoms with Gasteiger partial charge in [-0.2, -0.15) is 23.4 Å². The second kappa shape index (κ2) is 5.98. The van der Waals surface area contributed by atoms with Crippen molar-refractivity contribution in [3.8, 4) is 0 Å². The topological polar surface area (TPSA) is 74.8 Å². The zero-order chi connectivity index (χ0) is 16.4. The Morgan fingerprint density at radius 2 is 2.13 bits per heavy atom. The van der Waals surface area contributed by atoms with E-state index in [2.05, 4.69) is 20.2 Å². The van der Waals surface area contributed by atoms with Gasteiger partial charge in [-0.1, -0.05) is 0 Å². The van der Waals surface area contributed by atoms with Crippen molar-refractivity contribution in [2.24, 2.45) is 0 Å². The van der Waals surface area contributed by atoms with Crippen LogP contribution in [0.25, 0.3) is 0 Å². The fraction of sp³-hybridized carbons (Fsp3) is 0.429. The summed E-state index contributed by atoms with van der Waals surface area (Å²) in [5.74, 6) is -0.173. The van der Waals surface area contributed by atoms with Crippen LogP contribution < -0.4 is 0 Å². The number of halogens is 3. The van der Waals surface area contributed by atoms with Crippen molar-refractivity contribution in [2.75, 3.05) is 13.1 Å². The van der Waals surface area contributed by atoms with Crippen molar-refractivity contribution >= 4 is 5.91 Å². The second-order valence-corrected chi connectivity index (χ2v) is 5.40. The Kier molecular flexibility index (Phi) is 4.01. The highest BCUT2D eigenvalue weighted by Gasteiger charge is 2.35. The minimum Gasteiger partial charge on any atom is -0.338 e. The molecule has 1 saturated heterocycles. The van der Waals surface area contributed by atoms with Crippen LogP contribution in [0.15, 0.2) is 24.7 Å². The summed E-state index contributed by atoms with van der Waals surface area (Å²) < 4.78 is 37.9. The van der Waals surface area contributed by atoms with Gasteiger partial charge in [-0.3, -0.25) is 4.79 Å². The molecule has 122 valence electrons. The smallest absolute Gasteiger partial charge is 0.338 e. The fourth-order valence-electron chi connectivity index (χ4n) is 2.67. The Bertz CT molecular complexity index is 685. The molecule has 1 aliphatic rings. The predicted octanol–water partition coefficient (Wildman–Crippen LogP) is 2.24. The molecule has 23 heavy (non-hydrogen) atoms. The lowest BCUT2D eigenvalue weighted by Gasteiger charge is -2.31. The fourth-order valence-corrected chi connectivity index (χ4v) is 2.67. The van der Waals surface area contributed by atoms with Gasteiger partial charge in [-0.15, -0.1) is 0 Å². The number of H-pyrrole nitrogens is 1. The van der Waals surface area contributed by atoms with Gasteiger partial charge in [0, 0.05) is 19.0 Å². The van der Waals surface area contributed by atoms with Crippen LogP contribution in [-0.4, -0.2) is 44.1 Å². The molecule has 0 saturated carbocycles. The summed E-state index contributed by atoms with van der Waals surface area (Å²) in [5.41, 5.74) is -0.453. The molecule has 6 nitrogen and oxygen atoms in total. The summed E-state index contributed by atoms with van der Waals surface area (Å²) in [6.07, 6.45) is 0.540. The van der Waals surface area contributed by atoms with E-state index < -0.39 is 11.9 Å². The Balaban J connectivity index is 1.73. The monoisotopic (exact) mass is 325 g/mol. The number of carbonyl (C=O) groups is 1. The third-order valence-electron chi connectivity index (χ3n) is 3.83. The molecule has 0 unspecified atom stereocenters. The lowest BCUT2D eigenvalue weighted by molar-refractivity contribution is -0.141. The van der Waals surface area contributed by atoms with E-state index in [0.29, 0.717) is 31.5 Å². The van der Waals surface area contributed by atoms with E-state index in [1.165, 1.54) is 12.4 Å². The second-order valence-electron chi connectivity index (χ2n) is 5.40. The summed E-state index contributed by atoms with van der Waals surface area (Å²) in [4.78, 5) is 20.2. The number of alkyl halides is 3. The minimum atomic E-state index is -4.45. The molecule has 3 rings (SSSR count). The van der Waals surface area contributed by atoms with Crippen LogP contribution in [-0.2, 0) is 6.18 Å². The SMILES string of the molecule is O=C(c1ccnnc1)N1CCC[C@@H](c2ncc(C(F)(F)F)[nH]2)C1. The average Bonchev–Trinajstić information content (AvgIpc) is 3.05. The number of nitrogens with zero attached hydrogens (tertiary/aromatic N) is 4. The van der Waals surface area contributed by atoms with Gasteiger partial charge < -0.3 is 9.88 Å². The van der Waals surface area contributed by atoms with Crippen molar-refractivity contribution in [1.82, 2.24) is 25.1 Å². The maximum absolute atomic E-state index is 12.6. The molecular formula is C14H14F3N5O. The Morgan fingerprint density at radius 1 is 1.30 bits per heavy atom. The molecule has 2 aromatic heterocycles. The average molecular weight is 325 g/mol. The molecule has 0 bridgehead atoms. The van der Waals surface area contributed by atoms with Crippen LogP contribution in [0.2, 0.25) is 0 Å². The van der Waals surface area contributed by atoms with E-state index in [1.54, 1.807) is 11.0 Å². The first-order chi connectivity index (χ1) is 10.9. The van der Waals surface area contributed by atoms with Gasteiger partial charge in [0.15, 0.2) is 0 Å². The largest absolute Gasteiger partial charge is 0.432 e. The highest BCUT2D eigenvalue weighted by atomic mass is 19.4. The minimum absolute atomic E-state index is 0.202. The van der Waals surface area contributed by atoms with Gasteiger partial charge in [-0.05, 0) is 18.9 Å². The molecular weight excluding hydrogens is 311 g/mol. The van der Waals surface area contributed by atoms with Crippen LogP contribution in [0.4, 0.5) is 13.2 Å². The molecule has 0 spiro atoms. The maximum Gasteiger partial charge on any atom is 0.432 e. The number of hydrogen-bond donors (Lipinski definition) is 1. The van der Waals surface area contributed by atoms with Gasteiger partial charge in [0.05, 0.1) is 24.2 Å². The van der Waals surface area contributed by atoms with E-state index in [-0.39, 0.29) is 17.6 Å². The number of carbonyl (C=O) groups excluding carboxylic acids is 1. The first-order valence-electron chi connectivity index (χ1n) is 7.13. The van der Waals surface area contributed by atoms with Gasteiger partial charge in [-0.25, -0.2) is 4.98 Å². The van der Waals surface area contributed by atoms with Crippen molar-refractivity contribution < 1.29 is 18.0 Å². The Morgan fingerprint density at radius 3 is 2.78 bits per heavy atom. The molecule has 1 fully saturated rings. The molecule has 3 heterocycles. The molecule has 9 heteroatoms. The number of amides is 1. The molecule has 1 amide bonds. The number of aromatic amines is 1. The van der Waals surface area contributed by atoms with Crippen LogP contribution in [0.3, 0.4) is 0 Å². The maximum atomic E-state index is 12.6. The zero-order valence-corrected chi connectivity index (χ0v) is 12.0. The third-order valence-corrected chi connectivity index (χ3v) is 3.83. The Labute approximate surface area is 129 Å². The van der Waals surface area contributed by atoms with Crippen molar-refractivity contribution in [2.45, 2.75) is 24.9 Å². The Hall–Kier alpha value is -2.45. The van der Waals surface area contributed by atoms with E-state index >= 15 is 0 Å². The molecule has 0 aliphatic carbocycles. The van der Waals surface area contributed by atoms with Gasteiger partial charge in [0.1, 0.15) is 11.5 Å². The lowest BCUT2D eigenvalue weighted by Crippen LogP contribution is -2.39. The van der Waals surface area contributed by atoms with Crippen LogP contribution in [0.5, 0.6) is 0 Å². The summed E-state index contributed by atoms with van der Waals surface area (Å²) in [7, 11) is 0. The van der Waals surface area contributed by atoms with Crippen LogP contribution in [0.1, 0.15) is 40.6 Å².